The summed E-state index contributed by atoms with van der Waals surface area (Å²) >= 11 is 0. The Bertz CT molecular complexity index is 954. The summed E-state index contributed by atoms with van der Waals surface area (Å²) in [5.41, 5.74) is 1.03. The van der Waals surface area contributed by atoms with Gasteiger partial charge in [0.1, 0.15) is 0 Å². The lowest BCUT2D eigenvalue weighted by molar-refractivity contribution is -0.131. The van der Waals surface area contributed by atoms with Gasteiger partial charge in [-0.05, 0) is 18.9 Å². The van der Waals surface area contributed by atoms with Crippen molar-refractivity contribution in [2.24, 2.45) is 7.05 Å². The maximum Gasteiger partial charge on any atom is 0.254 e. The van der Waals surface area contributed by atoms with Crippen LogP contribution in [0.25, 0.3) is 10.9 Å². The molecule has 2 aromatic rings. The standard InChI is InChI=1S/C21H26N4O3/c1-22-18-7-3-2-6-16(18)17(14-19(22)26)21(28)25-12-10-23(11-13-25)15-20(27)24-8-4-5-9-24/h2-3,6-7,14H,4-5,8-13,15H2,1H3. The molecule has 2 aliphatic heterocycles. The second-order valence-corrected chi connectivity index (χ2v) is 7.63. The van der Waals surface area contributed by atoms with Crippen LogP contribution in [0, 0.1) is 0 Å². The number of hydrogen-bond acceptors (Lipinski definition) is 4. The van der Waals surface area contributed by atoms with E-state index in [1.807, 2.05) is 29.2 Å². The SMILES string of the molecule is Cn1c(=O)cc(C(=O)N2CCN(CC(=O)N3CCCC3)CC2)c2ccccc21. The van der Waals surface area contributed by atoms with Crippen LogP contribution in [-0.4, -0.2) is 76.9 Å². The smallest absolute Gasteiger partial charge is 0.254 e. The van der Waals surface area contributed by atoms with Crippen molar-refractivity contribution in [2.45, 2.75) is 12.8 Å². The first kappa shape index (κ1) is 18.7. The van der Waals surface area contributed by atoms with Gasteiger partial charge in [-0.25, -0.2) is 0 Å². The number of carbonyl (C=O) groups excluding carboxylic acids is 2. The minimum Gasteiger partial charge on any atom is -0.342 e. The first-order valence-corrected chi connectivity index (χ1v) is 9.93. The third-order valence-corrected chi connectivity index (χ3v) is 5.86. The van der Waals surface area contributed by atoms with Gasteiger partial charge in [0.05, 0.1) is 17.6 Å². The van der Waals surface area contributed by atoms with Gasteiger partial charge in [-0.3, -0.25) is 19.3 Å². The molecule has 0 radical (unpaired) electrons. The highest BCUT2D eigenvalue weighted by molar-refractivity contribution is 6.06. The van der Waals surface area contributed by atoms with E-state index in [1.54, 1.807) is 16.5 Å². The molecule has 0 saturated carbocycles. The number of nitrogens with zero attached hydrogens (tertiary/aromatic N) is 4. The molecule has 7 heteroatoms. The number of aryl methyl sites for hydroxylation is 1. The first-order chi connectivity index (χ1) is 13.5. The Morgan fingerprint density at radius 2 is 1.61 bits per heavy atom. The van der Waals surface area contributed by atoms with Gasteiger partial charge in [-0.1, -0.05) is 18.2 Å². The Labute approximate surface area is 164 Å². The average Bonchev–Trinajstić information content (AvgIpc) is 3.26. The lowest BCUT2D eigenvalue weighted by Crippen LogP contribution is -2.51. The third-order valence-electron chi connectivity index (χ3n) is 5.86. The number of para-hydroxylation sites is 1. The van der Waals surface area contributed by atoms with Crippen LogP contribution >= 0.6 is 0 Å². The van der Waals surface area contributed by atoms with Gasteiger partial charge in [0, 0.05) is 57.8 Å². The van der Waals surface area contributed by atoms with E-state index in [0.29, 0.717) is 38.3 Å². The highest BCUT2D eigenvalue weighted by Gasteiger charge is 2.27. The fourth-order valence-electron chi connectivity index (χ4n) is 4.12. The van der Waals surface area contributed by atoms with E-state index in [4.69, 9.17) is 0 Å². The van der Waals surface area contributed by atoms with Gasteiger partial charge in [0.2, 0.25) is 5.91 Å². The zero-order valence-corrected chi connectivity index (χ0v) is 16.3. The Hall–Kier alpha value is -2.67. The van der Waals surface area contributed by atoms with Crippen LogP contribution in [0.15, 0.2) is 35.1 Å². The number of fused-ring (bicyclic) bond motifs is 1. The molecule has 0 aliphatic carbocycles. The molecule has 7 nitrogen and oxygen atoms in total. The predicted molar refractivity (Wildman–Crippen MR) is 107 cm³/mol. The fourth-order valence-corrected chi connectivity index (χ4v) is 4.12. The molecular formula is C21H26N4O3. The Morgan fingerprint density at radius 3 is 2.32 bits per heavy atom. The monoisotopic (exact) mass is 382 g/mol. The molecule has 4 rings (SSSR count). The van der Waals surface area contributed by atoms with E-state index in [-0.39, 0.29) is 17.4 Å². The molecule has 2 aliphatic rings. The van der Waals surface area contributed by atoms with Gasteiger partial charge >= 0.3 is 0 Å². The lowest BCUT2D eigenvalue weighted by Gasteiger charge is -2.35. The third kappa shape index (κ3) is 3.54. The second-order valence-electron chi connectivity index (χ2n) is 7.63. The van der Waals surface area contributed by atoms with Crippen LogP contribution in [-0.2, 0) is 11.8 Å². The van der Waals surface area contributed by atoms with Crippen LogP contribution in [0.2, 0.25) is 0 Å². The number of rotatable bonds is 3. The van der Waals surface area contributed by atoms with E-state index in [1.165, 1.54) is 6.07 Å². The summed E-state index contributed by atoms with van der Waals surface area (Å²) < 4.78 is 1.56. The zero-order valence-electron chi connectivity index (χ0n) is 16.3. The summed E-state index contributed by atoms with van der Waals surface area (Å²) in [7, 11) is 1.72. The van der Waals surface area contributed by atoms with Gasteiger partial charge in [-0.15, -0.1) is 0 Å². The maximum absolute atomic E-state index is 13.1. The molecule has 0 atom stereocenters. The van der Waals surface area contributed by atoms with E-state index in [9.17, 15) is 14.4 Å². The number of aromatic nitrogens is 1. The average molecular weight is 382 g/mol. The Kier molecular flexibility index (Phi) is 5.17. The molecule has 3 heterocycles. The van der Waals surface area contributed by atoms with Crippen LogP contribution in [0.1, 0.15) is 23.2 Å². The summed E-state index contributed by atoms with van der Waals surface area (Å²) in [5, 5.41) is 0.793. The van der Waals surface area contributed by atoms with Crippen molar-refractivity contribution in [1.29, 1.82) is 0 Å². The highest BCUT2D eigenvalue weighted by Crippen LogP contribution is 2.19. The van der Waals surface area contributed by atoms with Crippen molar-refractivity contribution in [2.75, 3.05) is 45.8 Å². The van der Waals surface area contributed by atoms with Crippen molar-refractivity contribution in [1.82, 2.24) is 19.3 Å². The first-order valence-electron chi connectivity index (χ1n) is 9.93. The van der Waals surface area contributed by atoms with Gasteiger partial charge in [0.15, 0.2) is 0 Å². The summed E-state index contributed by atoms with van der Waals surface area (Å²) in [6.07, 6.45) is 2.19. The summed E-state index contributed by atoms with van der Waals surface area (Å²) in [4.78, 5) is 43.6. The number of amides is 2. The Morgan fingerprint density at radius 1 is 0.929 bits per heavy atom. The normalized spacial score (nSPS) is 18.0. The number of pyridine rings is 1. The second kappa shape index (κ2) is 7.75. The van der Waals surface area contributed by atoms with E-state index < -0.39 is 0 Å². The van der Waals surface area contributed by atoms with Crippen LogP contribution in [0.4, 0.5) is 0 Å². The van der Waals surface area contributed by atoms with Crippen LogP contribution in [0.3, 0.4) is 0 Å². The van der Waals surface area contributed by atoms with Crippen molar-refractivity contribution < 1.29 is 9.59 Å². The molecule has 148 valence electrons. The van der Waals surface area contributed by atoms with Crippen molar-refractivity contribution >= 4 is 22.7 Å². The summed E-state index contributed by atoms with van der Waals surface area (Å²) in [6.45, 7) is 4.64. The number of hydrogen-bond donors (Lipinski definition) is 0. The number of benzene rings is 1. The van der Waals surface area contributed by atoms with Crippen molar-refractivity contribution in [3.8, 4) is 0 Å². The fraction of sp³-hybridized carbons (Fsp3) is 0.476. The molecule has 0 N–H and O–H groups in total. The summed E-state index contributed by atoms with van der Waals surface area (Å²) in [5.74, 6) is 0.0780. The molecule has 1 aromatic carbocycles. The largest absolute Gasteiger partial charge is 0.342 e. The molecule has 28 heavy (non-hydrogen) atoms. The highest BCUT2D eigenvalue weighted by atomic mass is 16.2. The number of likely N-dealkylation sites (tertiary alicyclic amines) is 1. The van der Waals surface area contributed by atoms with Gasteiger partial charge < -0.3 is 14.4 Å². The zero-order chi connectivity index (χ0) is 19.7. The van der Waals surface area contributed by atoms with E-state index in [0.717, 1.165) is 36.8 Å². The molecule has 0 bridgehead atoms. The number of piperazine rings is 1. The molecule has 2 fully saturated rings. The van der Waals surface area contributed by atoms with Crippen molar-refractivity contribution in [3.05, 3.63) is 46.2 Å². The molecule has 2 saturated heterocycles. The molecule has 0 spiro atoms. The van der Waals surface area contributed by atoms with E-state index in [2.05, 4.69) is 4.90 Å². The molecule has 0 unspecified atom stereocenters. The predicted octanol–water partition coefficient (Wildman–Crippen LogP) is 0.919. The Balaban J connectivity index is 1.45. The summed E-state index contributed by atoms with van der Waals surface area (Å²) in [6, 6.07) is 8.92. The minimum atomic E-state index is -0.183. The van der Waals surface area contributed by atoms with Gasteiger partial charge in [0.25, 0.3) is 11.5 Å². The van der Waals surface area contributed by atoms with Crippen molar-refractivity contribution in [3.63, 3.8) is 0 Å². The maximum atomic E-state index is 13.1. The topological polar surface area (TPSA) is 65.9 Å². The minimum absolute atomic E-state index is 0.112. The van der Waals surface area contributed by atoms with Crippen LogP contribution in [0.5, 0.6) is 0 Å². The van der Waals surface area contributed by atoms with Gasteiger partial charge in [-0.2, -0.15) is 0 Å². The molecule has 2 amide bonds. The van der Waals surface area contributed by atoms with E-state index >= 15 is 0 Å². The number of carbonyl (C=O) groups is 2. The quantitative estimate of drug-likeness (QED) is 0.792. The lowest BCUT2D eigenvalue weighted by atomic mass is 10.1. The molecular weight excluding hydrogens is 356 g/mol. The molecule has 1 aromatic heterocycles. The van der Waals surface area contributed by atoms with Crippen LogP contribution < -0.4 is 5.56 Å².